The van der Waals surface area contributed by atoms with Crippen LogP contribution in [-0.4, -0.2) is 27.0 Å². The molecule has 0 unspecified atom stereocenters. The Kier molecular flexibility index (Phi) is 9.22. The smallest absolute Gasteiger partial charge is 0.220 e. The van der Waals surface area contributed by atoms with E-state index in [0.717, 1.165) is 30.0 Å². The summed E-state index contributed by atoms with van der Waals surface area (Å²) in [6, 6.07) is 3.93. The van der Waals surface area contributed by atoms with Crippen LogP contribution in [0.2, 0.25) is 0 Å². The Hall–Kier alpha value is -1.63. The maximum absolute atomic E-state index is 12.3. The van der Waals surface area contributed by atoms with Gasteiger partial charge in [-0.2, -0.15) is 0 Å². The van der Waals surface area contributed by atoms with Gasteiger partial charge in [0, 0.05) is 31.6 Å². The molecule has 1 saturated carbocycles. The van der Waals surface area contributed by atoms with Crippen LogP contribution in [0.4, 0.5) is 0 Å². The van der Waals surface area contributed by atoms with Crippen LogP contribution in [0, 0.1) is 12.3 Å². The molecule has 2 aromatic rings. The van der Waals surface area contributed by atoms with Crippen LogP contribution < -0.4 is 11.1 Å². The number of rotatable bonds is 6. The van der Waals surface area contributed by atoms with Crippen molar-refractivity contribution in [3.63, 3.8) is 0 Å². The van der Waals surface area contributed by atoms with Crippen LogP contribution in [0.15, 0.2) is 30.7 Å². The number of hydrogen-bond donors (Lipinski definition) is 2. The molecular formula is C19H29Cl2N5O. The lowest BCUT2D eigenvalue weighted by molar-refractivity contribution is -0.124. The number of carbonyl (C=O) groups is 1. The van der Waals surface area contributed by atoms with Gasteiger partial charge < -0.3 is 11.1 Å². The monoisotopic (exact) mass is 413 g/mol. The number of aryl methyl sites for hydroxylation is 1. The maximum atomic E-state index is 12.3. The molecule has 0 radical (unpaired) electrons. The van der Waals surface area contributed by atoms with E-state index < -0.39 is 0 Å². The number of amides is 1. The summed E-state index contributed by atoms with van der Waals surface area (Å²) >= 11 is 0. The largest absolute Gasteiger partial charge is 0.352 e. The highest BCUT2D eigenvalue weighted by molar-refractivity contribution is 5.85. The number of carbonyl (C=O) groups excluding carboxylic acids is 1. The topological polar surface area (TPSA) is 85.8 Å². The zero-order valence-electron chi connectivity index (χ0n) is 15.7. The van der Waals surface area contributed by atoms with E-state index in [2.05, 4.69) is 15.3 Å². The molecule has 6 nitrogen and oxygen atoms in total. The molecule has 0 atom stereocenters. The molecule has 3 N–H and O–H groups in total. The van der Waals surface area contributed by atoms with Gasteiger partial charge in [0.25, 0.3) is 0 Å². The lowest BCUT2D eigenvalue weighted by Crippen LogP contribution is -2.38. The predicted octanol–water partition coefficient (Wildman–Crippen LogP) is 3.33. The van der Waals surface area contributed by atoms with Crippen LogP contribution in [-0.2, 0) is 11.3 Å². The first-order valence-corrected chi connectivity index (χ1v) is 9.04. The Morgan fingerprint density at radius 1 is 1.22 bits per heavy atom. The molecule has 1 aliphatic rings. The van der Waals surface area contributed by atoms with E-state index >= 15 is 0 Å². The van der Waals surface area contributed by atoms with Gasteiger partial charge in [-0.05, 0) is 43.4 Å². The number of aromatic nitrogens is 3. The van der Waals surface area contributed by atoms with Crippen LogP contribution in [0.25, 0.3) is 5.82 Å². The average Bonchev–Trinajstić information content (AvgIpc) is 3.07. The average molecular weight is 414 g/mol. The van der Waals surface area contributed by atoms with Gasteiger partial charge >= 0.3 is 0 Å². The second-order valence-corrected chi connectivity index (χ2v) is 7.09. The van der Waals surface area contributed by atoms with Gasteiger partial charge in [-0.25, -0.2) is 9.97 Å². The summed E-state index contributed by atoms with van der Waals surface area (Å²) in [6.45, 7) is 3.03. The van der Waals surface area contributed by atoms with Crippen molar-refractivity contribution in [3.8, 4) is 5.82 Å². The summed E-state index contributed by atoms with van der Waals surface area (Å²) in [5.74, 6) is 1.81. The van der Waals surface area contributed by atoms with Crippen molar-refractivity contribution in [1.29, 1.82) is 0 Å². The Morgan fingerprint density at radius 3 is 2.52 bits per heavy atom. The summed E-state index contributed by atoms with van der Waals surface area (Å²) in [5, 5.41) is 3.02. The Labute approximate surface area is 173 Å². The molecule has 1 fully saturated rings. The fraction of sp³-hybridized carbons (Fsp3) is 0.526. The van der Waals surface area contributed by atoms with Gasteiger partial charge in [-0.15, -0.1) is 24.8 Å². The van der Waals surface area contributed by atoms with Gasteiger partial charge in [0.2, 0.25) is 5.91 Å². The molecule has 0 spiro atoms. The quantitative estimate of drug-likeness (QED) is 0.759. The molecule has 2 aromatic heterocycles. The number of nitrogens with zero attached hydrogens (tertiary/aromatic N) is 3. The molecule has 0 aliphatic heterocycles. The van der Waals surface area contributed by atoms with E-state index in [4.69, 9.17) is 5.73 Å². The Balaban J connectivity index is 0.00000182. The first-order valence-electron chi connectivity index (χ1n) is 9.04. The zero-order chi connectivity index (χ0) is 17.7. The number of hydrogen-bond acceptors (Lipinski definition) is 4. The van der Waals surface area contributed by atoms with Gasteiger partial charge in [0.05, 0.1) is 0 Å². The van der Waals surface area contributed by atoms with Gasteiger partial charge in [0.1, 0.15) is 11.6 Å². The molecule has 8 heteroatoms. The standard InChI is InChI=1S/C19H27N5O.2ClH/c1-15-21-9-10-24(15)17-6-5-16(12-22-17)13-23-18(25)11-19(14-20)7-3-2-4-8-19;;/h5-6,9-10,12H,2-4,7-8,11,13-14,20H2,1H3,(H,23,25);2*1H. The van der Waals surface area contributed by atoms with E-state index in [9.17, 15) is 4.79 Å². The van der Waals surface area contributed by atoms with Crippen molar-refractivity contribution >= 4 is 30.7 Å². The minimum absolute atomic E-state index is 0. The van der Waals surface area contributed by atoms with Gasteiger partial charge in [-0.1, -0.05) is 25.3 Å². The van der Waals surface area contributed by atoms with Crippen molar-refractivity contribution < 1.29 is 4.79 Å². The third-order valence-electron chi connectivity index (χ3n) is 5.25. The van der Waals surface area contributed by atoms with Crippen molar-refractivity contribution in [1.82, 2.24) is 19.9 Å². The third kappa shape index (κ3) is 5.92. The molecule has 27 heavy (non-hydrogen) atoms. The number of pyridine rings is 1. The fourth-order valence-electron chi connectivity index (χ4n) is 3.64. The summed E-state index contributed by atoms with van der Waals surface area (Å²) in [4.78, 5) is 21.0. The normalized spacial score (nSPS) is 15.3. The number of imidazole rings is 1. The van der Waals surface area contributed by atoms with E-state index in [1.54, 1.807) is 12.4 Å². The van der Waals surface area contributed by atoms with Crippen LogP contribution in [0.1, 0.15) is 49.9 Å². The van der Waals surface area contributed by atoms with Crippen LogP contribution in [0.5, 0.6) is 0 Å². The second kappa shape index (κ2) is 10.6. The van der Waals surface area contributed by atoms with Crippen molar-refractivity contribution in [3.05, 3.63) is 42.1 Å². The molecule has 1 amide bonds. The summed E-state index contributed by atoms with van der Waals surface area (Å²) in [7, 11) is 0. The van der Waals surface area contributed by atoms with E-state index in [1.807, 2.05) is 29.8 Å². The lowest BCUT2D eigenvalue weighted by atomic mass is 9.71. The first kappa shape index (κ1) is 23.4. The lowest BCUT2D eigenvalue weighted by Gasteiger charge is -2.35. The molecule has 2 heterocycles. The minimum atomic E-state index is 0. The summed E-state index contributed by atoms with van der Waals surface area (Å²) < 4.78 is 1.93. The number of halogens is 2. The zero-order valence-corrected chi connectivity index (χ0v) is 17.3. The van der Waals surface area contributed by atoms with E-state index in [-0.39, 0.29) is 36.1 Å². The molecule has 3 rings (SSSR count). The number of nitrogens with one attached hydrogen (secondary N) is 1. The molecular weight excluding hydrogens is 385 g/mol. The van der Waals surface area contributed by atoms with Gasteiger partial charge in [-0.3, -0.25) is 9.36 Å². The van der Waals surface area contributed by atoms with Crippen LogP contribution in [0.3, 0.4) is 0 Å². The van der Waals surface area contributed by atoms with Crippen molar-refractivity contribution in [2.24, 2.45) is 11.1 Å². The Bertz CT molecular complexity index is 711. The summed E-state index contributed by atoms with van der Waals surface area (Å²) in [6.07, 6.45) is 11.7. The van der Waals surface area contributed by atoms with Crippen molar-refractivity contribution in [2.75, 3.05) is 6.54 Å². The van der Waals surface area contributed by atoms with Crippen molar-refractivity contribution in [2.45, 2.75) is 52.0 Å². The maximum Gasteiger partial charge on any atom is 0.220 e. The molecule has 150 valence electrons. The molecule has 0 aromatic carbocycles. The van der Waals surface area contributed by atoms with E-state index in [0.29, 0.717) is 19.5 Å². The second-order valence-electron chi connectivity index (χ2n) is 7.09. The van der Waals surface area contributed by atoms with E-state index in [1.165, 1.54) is 19.3 Å². The Morgan fingerprint density at radius 2 is 1.96 bits per heavy atom. The molecule has 0 bridgehead atoms. The molecule has 1 aliphatic carbocycles. The van der Waals surface area contributed by atoms with Crippen LogP contribution >= 0.6 is 24.8 Å². The minimum Gasteiger partial charge on any atom is -0.352 e. The fourth-order valence-corrected chi connectivity index (χ4v) is 3.64. The highest BCUT2D eigenvalue weighted by Gasteiger charge is 2.32. The SMILES string of the molecule is Cc1nccn1-c1ccc(CNC(=O)CC2(CN)CCCCC2)cn1.Cl.Cl. The summed E-state index contributed by atoms with van der Waals surface area (Å²) in [5.41, 5.74) is 6.96. The van der Waals surface area contributed by atoms with Gasteiger partial charge in [0.15, 0.2) is 0 Å². The predicted molar refractivity (Wildman–Crippen MR) is 112 cm³/mol. The number of nitrogens with two attached hydrogens (primary N) is 1. The first-order chi connectivity index (χ1) is 12.1. The molecule has 0 saturated heterocycles. The highest BCUT2D eigenvalue weighted by Crippen LogP contribution is 2.38. The third-order valence-corrected chi connectivity index (χ3v) is 5.25. The highest BCUT2D eigenvalue weighted by atomic mass is 35.5.